The van der Waals surface area contributed by atoms with Crippen LogP contribution in [0.3, 0.4) is 0 Å². The third kappa shape index (κ3) is 7.49. The van der Waals surface area contributed by atoms with Crippen molar-refractivity contribution in [3.8, 4) is 0 Å². The minimum atomic E-state index is -1.84. The van der Waals surface area contributed by atoms with Crippen LogP contribution < -0.4 is 0 Å². The van der Waals surface area contributed by atoms with Crippen molar-refractivity contribution in [2.75, 3.05) is 19.8 Å². The van der Waals surface area contributed by atoms with Gasteiger partial charge in [-0.2, -0.15) is 0 Å². The number of aliphatic hydroxyl groups is 9. The molecule has 9 N–H and O–H groups in total. The molecule has 0 aromatic rings. The fourth-order valence-electron chi connectivity index (χ4n) is 14.0. The van der Waals surface area contributed by atoms with Gasteiger partial charge in [0.2, 0.25) is 0 Å². The number of hydrogen-bond donors (Lipinski definition) is 9. The molecule has 0 aromatic carbocycles. The fourth-order valence-corrected chi connectivity index (χ4v) is 14.0. The first-order chi connectivity index (χ1) is 29.4. The monoisotopic (exact) mass is 884 g/mol. The second kappa shape index (κ2) is 17.3. The highest BCUT2D eigenvalue weighted by Gasteiger charge is 2.69. The molecule has 0 amide bonds. The number of ether oxygens (including phenoxy) is 8. The molecule has 1 spiro atoms. The Morgan fingerprint density at radius 3 is 2.03 bits per heavy atom. The molecule has 3 saturated carbocycles. The minimum Gasteiger partial charge on any atom is -0.394 e. The molecule has 0 unspecified atom stereocenters. The second-order valence-corrected chi connectivity index (χ2v) is 21.1. The lowest BCUT2D eigenvalue weighted by molar-refractivity contribution is -0.394. The maximum Gasteiger partial charge on any atom is 0.187 e. The Morgan fingerprint density at radius 1 is 0.677 bits per heavy atom. The zero-order chi connectivity index (χ0) is 44.2. The summed E-state index contributed by atoms with van der Waals surface area (Å²) in [5.41, 5.74) is 1.45. The van der Waals surface area contributed by atoms with Gasteiger partial charge in [0.25, 0.3) is 0 Å². The molecule has 0 bridgehead atoms. The van der Waals surface area contributed by atoms with Gasteiger partial charge >= 0.3 is 0 Å². The first-order valence-corrected chi connectivity index (χ1v) is 23.4. The van der Waals surface area contributed by atoms with Gasteiger partial charge in [0.15, 0.2) is 24.7 Å². The Labute approximate surface area is 363 Å². The maximum atomic E-state index is 11.6. The van der Waals surface area contributed by atoms with E-state index in [9.17, 15) is 46.0 Å². The smallest absolute Gasteiger partial charge is 0.187 e. The zero-order valence-corrected chi connectivity index (χ0v) is 36.6. The quantitative estimate of drug-likeness (QED) is 0.148. The van der Waals surface area contributed by atoms with E-state index in [1.807, 2.05) is 0 Å². The fraction of sp³-hybridized carbons (Fsp3) is 0.956. The molecule has 9 rings (SSSR count). The van der Waals surface area contributed by atoms with Gasteiger partial charge in [-0.1, -0.05) is 39.3 Å². The van der Waals surface area contributed by atoms with E-state index < -0.39 is 117 Å². The summed E-state index contributed by atoms with van der Waals surface area (Å²) in [5, 5.41) is 95.8. The maximum absolute atomic E-state index is 11.6. The zero-order valence-electron chi connectivity index (χ0n) is 36.6. The van der Waals surface area contributed by atoms with Gasteiger partial charge in [-0.15, -0.1) is 0 Å². The largest absolute Gasteiger partial charge is 0.394 e. The van der Waals surface area contributed by atoms with Crippen molar-refractivity contribution < 1.29 is 83.9 Å². The summed E-state index contributed by atoms with van der Waals surface area (Å²) in [7, 11) is 0. The van der Waals surface area contributed by atoms with Crippen LogP contribution in [0.1, 0.15) is 92.4 Å². The summed E-state index contributed by atoms with van der Waals surface area (Å²) in [6, 6.07) is 0. The van der Waals surface area contributed by atoms with Crippen molar-refractivity contribution in [1.29, 1.82) is 0 Å². The number of hydrogen-bond acceptors (Lipinski definition) is 17. The molecule has 354 valence electrons. The highest BCUT2D eigenvalue weighted by atomic mass is 16.8. The van der Waals surface area contributed by atoms with Crippen LogP contribution in [0.4, 0.5) is 0 Å². The van der Waals surface area contributed by atoms with Crippen molar-refractivity contribution in [3.05, 3.63) is 11.6 Å². The highest BCUT2D eigenvalue weighted by molar-refractivity contribution is 5.26. The molecular formula is C45H72O17. The van der Waals surface area contributed by atoms with Crippen LogP contribution in [0.25, 0.3) is 0 Å². The summed E-state index contributed by atoms with van der Waals surface area (Å²) >= 11 is 0. The van der Waals surface area contributed by atoms with Crippen LogP contribution in [0.2, 0.25) is 0 Å². The van der Waals surface area contributed by atoms with E-state index in [0.29, 0.717) is 48.3 Å². The number of rotatable bonds is 8. The van der Waals surface area contributed by atoms with E-state index in [1.165, 1.54) is 12.5 Å². The van der Waals surface area contributed by atoms with Crippen molar-refractivity contribution in [3.63, 3.8) is 0 Å². The standard InChI is InChI=1S/C45H72O17/c1-19-8-13-45(55-18-19)20(2)30-27(62-45)15-26-24-7-6-22-14-23(9-11-43(22,4)25(24)10-12-44(26,30)5)57-42-39(61-40-36(53)34(51)31(48)21(3)56-40)38(33(50)29(17-47)59-42)60-41-37(54)35(52)32(49)28(16-46)58-41/h6,19-21,23-42,46-54H,7-18H2,1-5H3/t19-,20+,21+,23-,24-,25+,26+,27+,28-,29-,30+,31+,32-,33-,34-,35+,36-,37-,38+,39-,40+,41+,42-,43+,44+,45-/m1/s1. The van der Waals surface area contributed by atoms with Crippen LogP contribution in [0.15, 0.2) is 11.6 Å². The third-order valence-corrected chi connectivity index (χ3v) is 17.7. The van der Waals surface area contributed by atoms with Gasteiger partial charge in [0.05, 0.1) is 38.1 Å². The van der Waals surface area contributed by atoms with Crippen LogP contribution in [-0.2, 0) is 37.9 Å². The van der Waals surface area contributed by atoms with E-state index in [0.717, 1.165) is 51.6 Å². The first-order valence-electron chi connectivity index (χ1n) is 23.4. The minimum absolute atomic E-state index is 0.0484. The third-order valence-electron chi connectivity index (χ3n) is 17.7. The molecule has 9 aliphatic rings. The van der Waals surface area contributed by atoms with Gasteiger partial charge in [-0.05, 0) is 98.7 Å². The van der Waals surface area contributed by atoms with E-state index in [-0.39, 0.29) is 16.9 Å². The van der Waals surface area contributed by atoms with Crippen LogP contribution in [0, 0.1) is 46.3 Å². The van der Waals surface area contributed by atoms with Gasteiger partial charge in [0.1, 0.15) is 67.1 Å². The molecule has 5 saturated heterocycles. The Bertz CT molecular complexity index is 1610. The SMILES string of the molecule is C[C@@H]1CC[C@@]2(OC1)O[C@H]1C[C@H]3[C@@H]4CC=C5C[C@H](O[C@@H]6O[C@H](CO)[C@@H](O)[C@H](O[C@@H]7O[C@H](CO)[C@@H](O)[C@H](O)[C@H]7O)[C@H]6O[C@@H]6O[C@@H](C)[C@H](O)[C@@H](O)[C@H]6O)CC[C@]5(C)[C@H]4CC[C@]3(C)[C@H]1[C@@H]2C. The van der Waals surface area contributed by atoms with Gasteiger partial charge in [0, 0.05) is 12.3 Å². The van der Waals surface area contributed by atoms with E-state index in [4.69, 9.17) is 37.9 Å². The summed E-state index contributed by atoms with van der Waals surface area (Å²) < 4.78 is 50.3. The summed E-state index contributed by atoms with van der Waals surface area (Å²) in [6.45, 7) is 10.4. The number of fused-ring (bicyclic) bond motifs is 7. The normalized spacial score (nSPS) is 57.6. The summed E-state index contributed by atoms with van der Waals surface area (Å²) in [4.78, 5) is 0. The molecule has 0 aromatic heterocycles. The first kappa shape index (κ1) is 46.2. The Kier molecular flexibility index (Phi) is 12.9. The molecule has 4 aliphatic carbocycles. The molecule has 17 nitrogen and oxygen atoms in total. The highest BCUT2D eigenvalue weighted by Crippen LogP contribution is 2.70. The van der Waals surface area contributed by atoms with E-state index in [1.54, 1.807) is 0 Å². The Balaban J connectivity index is 0.940. The Hall–Kier alpha value is -0.940. The molecule has 5 heterocycles. The molecule has 17 heteroatoms. The second-order valence-electron chi connectivity index (χ2n) is 21.1. The lowest BCUT2D eigenvalue weighted by Gasteiger charge is -2.59. The molecule has 26 atom stereocenters. The van der Waals surface area contributed by atoms with Crippen molar-refractivity contribution >= 4 is 0 Å². The molecule has 0 radical (unpaired) electrons. The average Bonchev–Trinajstić information content (AvgIpc) is 3.70. The predicted molar refractivity (Wildman–Crippen MR) is 214 cm³/mol. The van der Waals surface area contributed by atoms with E-state index in [2.05, 4.69) is 33.8 Å². The molecule has 62 heavy (non-hydrogen) atoms. The van der Waals surface area contributed by atoms with Crippen LogP contribution in [0.5, 0.6) is 0 Å². The van der Waals surface area contributed by atoms with E-state index >= 15 is 0 Å². The molecular weight excluding hydrogens is 812 g/mol. The van der Waals surface area contributed by atoms with Gasteiger partial charge < -0.3 is 83.9 Å². The van der Waals surface area contributed by atoms with Crippen molar-refractivity contribution in [2.24, 2.45) is 46.3 Å². The summed E-state index contributed by atoms with van der Waals surface area (Å²) in [5.74, 6) is 2.52. The summed E-state index contributed by atoms with van der Waals surface area (Å²) in [6.07, 6.45) is -12.4. The van der Waals surface area contributed by atoms with Gasteiger partial charge in [-0.25, -0.2) is 0 Å². The lowest BCUT2D eigenvalue weighted by Crippen LogP contribution is -2.67. The topological polar surface area (TPSA) is 256 Å². The Morgan fingerprint density at radius 2 is 1.34 bits per heavy atom. The number of allylic oxidation sites excluding steroid dienone is 1. The predicted octanol–water partition coefficient (Wildman–Crippen LogP) is 0.214. The molecule has 5 aliphatic heterocycles. The van der Waals surface area contributed by atoms with Crippen LogP contribution in [-0.4, -0.2) is 176 Å². The van der Waals surface area contributed by atoms with Crippen molar-refractivity contribution in [1.82, 2.24) is 0 Å². The average molecular weight is 885 g/mol. The van der Waals surface area contributed by atoms with Crippen molar-refractivity contribution in [2.45, 2.75) is 203 Å². The van der Waals surface area contributed by atoms with Gasteiger partial charge in [-0.3, -0.25) is 0 Å². The lowest BCUT2D eigenvalue weighted by atomic mass is 9.47. The molecule has 8 fully saturated rings. The number of aliphatic hydroxyl groups excluding tert-OH is 9. The van der Waals surface area contributed by atoms with Crippen LogP contribution >= 0.6 is 0 Å².